The van der Waals surface area contributed by atoms with Crippen molar-refractivity contribution in [1.82, 2.24) is 4.98 Å². The zero-order chi connectivity index (χ0) is 9.35. The number of anilines is 1. The highest BCUT2D eigenvalue weighted by Crippen LogP contribution is 2.28. The molecule has 1 aromatic heterocycles. The highest BCUT2D eigenvalue weighted by Gasteiger charge is 2.26. The third-order valence-corrected chi connectivity index (χ3v) is 1.58. The molecule has 2 nitrogen and oxygen atoms in total. The maximum absolute atomic E-state index is 12.8. The molecule has 2 N–H and O–H groups in total. The fraction of sp³-hybridized carbons (Fsp3) is 0.375. The molecule has 12 heavy (non-hydrogen) atoms. The molecule has 0 aliphatic carbocycles. The Morgan fingerprint density at radius 2 is 2.00 bits per heavy atom. The smallest absolute Gasteiger partial charge is 0.272 e. The predicted octanol–water partition coefficient (Wildman–Crippen LogP) is 2.08. The molecular weight excluding hydrogens is 162 g/mol. The number of alkyl halides is 2. The Balaban J connectivity index is 3.19. The normalized spacial score (nSPS) is 11.7. The summed E-state index contributed by atoms with van der Waals surface area (Å²) in [4.78, 5) is 3.74. The molecular formula is C8H10F2N2. The summed E-state index contributed by atoms with van der Waals surface area (Å²) in [6.45, 7) is 2.36. The first kappa shape index (κ1) is 8.90. The van der Waals surface area contributed by atoms with Crippen molar-refractivity contribution >= 4 is 5.82 Å². The van der Waals surface area contributed by atoms with Gasteiger partial charge in [0.1, 0.15) is 5.82 Å². The number of nitrogens with zero attached hydrogens (tertiary/aromatic N) is 1. The van der Waals surface area contributed by atoms with E-state index in [1.807, 2.05) is 0 Å². The van der Waals surface area contributed by atoms with Gasteiger partial charge in [-0.2, -0.15) is 0 Å². The molecule has 0 spiro atoms. The van der Waals surface area contributed by atoms with Gasteiger partial charge in [-0.3, -0.25) is 0 Å². The predicted molar refractivity (Wildman–Crippen MR) is 43.0 cm³/mol. The van der Waals surface area contributed by atoms with E-state index in [-0.39, 0.29) is 17.1 Å². The van der Waals surface area contributed by atoms with Crippen molar-refractivity contribution in [3.8, 4) is 0 Å². The van der Waals surface area contributed by atoms with Crippen LogP contribution in [0.2, 0.25) is 0 Å². The number of aryl methyl sites for hydroxylation is 1. The van der Waals surface area contributed by atoms with Gasteiger partial charge < -0.3 is 5.73 Å². The lowest BCUT2D eigenvalue weighted by atomic mass is 10.1. The molecule has 0 aliphatic rings. The van der Waals surface area contributed by atoms with Crippen LogP contribution in [0.25, 0.3) is 0 Å². The standard InChI is InChI=1S/C8H10F2N2/c1-5-6(8(2,9)10)3-4-7(11)12-5/h3-4H,1-2H3,(H2,11,12). The van der Waals surface area contributed by atoms with Crippen molar-refractivity contribution in [3.05, 3.63) is 23.4 Å². The van der Waals surface area contributed by atoms with Gasteiger partial charge in [-0.25, -0.2) is 13.8 Å². The zero-order valence-electron chi connectivity index (χ0n) is 6.94. The third-order valence-electron chi connectivity index (χ3n) is 1.58. The van der Waals surface area contributed by atoms with Crippen LogP contribution in [0.1, 0.15) is 18.2 Å². The molecule has 0 saturated heterocycles. The highest BCUT2D eigenvalue weighted by atomic mass is 19.3. The number of hydrogen-bond donors (Lipinski definition) is 1. The van der Waals surface area contributed by atoms with Gasteiger partial charge in [0.2, 0.25) is 0 Å². The first-order valence-corrected chi connectivity index (χ1v) is 3.52. The number of halogens is 2. The molecule has 0 aromatic carbocycles. The van der Waals surface area contributed by atoms with Crippen LogP contribution in [0.3, 0.4) is 0 Å². The van der Waals surface area contributed by atoms with Crippen molar-refractivity contribution in [2.75, 3.05) is 5.73 Å². The van der Waals surface area contributed by atoms with Gasteiger partial charge >= 0.3 is 0 Å². The lowest BCUT2D eigenvalue weighted by Gasteiger charge is -2.12. The summed E-state index contributed by atoms with van der Waals surface area (Å²) >= 11 is 0. The molecule has 0 unspecified atom stereocenters. The summed E-state index contributed by atoms with van der Waals surface area (Å²) in [5.74, 6) is -2.58. The van der Waals surface area contributed by atoms with Gasteiger partial charge in [0.15, 0.2) is 0 Å². The van der Waals surface area contributed by atoms with Crippen molar-refractivity contribution in [2.45, 2.75) is 19.8 Å². The van der Waals surface area contributed by atoms with Gasteiger partial charge in [-0.15, -0.1) is 0 Å². The molecule has 0 saturated carbocycles. The Morgan fingerprint density at radius 1 is 1.42 bits per heavy atom. The van der Waals surface area contributed by atoms with Crippen LogP contribution < -0.4 is 5.73 Å². The van der Waals surface area contributed by atoms with Gasteiger partial charge in [0.05, 0.1) is 0 Å². The minimum atomic E-state index is -2.84. The van der Waals surface area contributed by atoms with Crippen molar-refractivity contribution in [3.63, 3.8) is 0 Å². The van der Waals surface area contributed by atoms with Gasteiger partial charge in [-0.1, -0.05) is 0 Å². The molecule has 66 valence electrons. The maximum Gasteiger partial charge on any atom is 0.272 e. The summed E-state index contributed by atoms with van der Waals surface area (Å²) < 4.78 is 25.5. The largest absolute Gasteiger partial charge is 0.384 e. The Morgan fingerprint density at radius 3 is 2.42 bits per heavy atom. The quantitative estimate of drug-likeness (QED) is 0.704. The van der Waals surface area contributed by atoms with E-state index in [9.17, 15) is 8.78 Å². The number of rotatable bonds is 1. The molecule has 1 heterocycles. The number of nitrogen functional groups attached to an aromatic ring is 1. The van der Waals surface area contributed by atoms with E-state index in [1.54, 1.807) is 0 Å². The van der Waals surface area contributed by atoms with E-state index in [0.717, 1.165) is 6.92 Å². The molecule has 1 aromatic rings. The average molecular weight is 172 g/mol. The van der Waals surface area contributed by atoms with E-state index in [2.05, 4.69) is 4.98 Å². The Kier molecular flexibility index (Phi) is 2.00. The second-order valence-electron chi connectivity index (χ2n) is 2.76. The monoisotopic (exact) mass is 172 g/mol. The molecule has 0 fully saturated rings. The van der Waals surface area contributed by atoms with Crippen LogP contribution >= 0.6 is 0 Å². The van der Waals surface area contributed by atoms with Crippen LogP contribution in [0.15, 0.2) is 12.1 Å². The topological polar surface area (TPSA) is 38.9 Å². The maximum atomic E-state index is 12.8. The van der Waals surface area contributed by atoms with Crippen molar-refractivity contribution in [2.24, 2.45) is 0 Å². The summed E-state index contributed by atoms with van der Waals surface area (Å²) in [6.07, 6.45) is 0. The summed E-state index contributed by atoms with van der Waals surface area (Å²) in [5.41, 5.74) is 5.52. The van der Waals surface area contributed by atoms with Crippen LogP contribution in [-0.4, -0.2) is 4.98 Å². The fourth-order valence-corrected chi connectivity index (χ4v) is 1.04. The van der Waals surface area contributed by atoms with E-state index in [0.29, 0.717) is 0 Å². The van der Waals surface area contributed by atoms with E-state index < -0.39 is 5.92 Å². The van der Waals surface area contributed by atoms with E-state index in [4.69, 9.17) is 5.73 Å². The Bertz CT molecular complexity index is 292. The van der Waals surface area contributed by atoms with Gasteiger partial charge in [-0.05, 0) is 19.1 Å². The average Bonchev–Trinajstić information content (AvgIpc) is 1.83. The van der Waals surface area contributed by atoms with Gasteiger partial charge in [0.25, 0.3) is 5.92 Å². The second kappa shape index (κ2) is 2.69. The SMILES string of the molecule is Cc1nc(N)ccc1C(C)(F)F. The second-order valence-corrected chi connectivity index (χ2v) is 2.76. The molecule has 4 heteroatoms. The van der Waals surface area contributed by atoms with Crippen molar-refractivity contribution in [1.29, 1.82) is 0 Å². The number of nitrogens with two attached hydrogens (primary N) is 1. The van der Waals surface area contributed by atoms with Crippen LogP contribution in [0.5, 0.6) is 0 Å². The van der Waals surface area contributed by atoms with Crippen LogP contribution in [0, 0.1) is 6.92 Å². The number of aromatic nitrogens is 1. The number of pyridine rings is 1. The first-order valence-electron chi connectivity index (χ1n) is 3.52. The summed E-state index contributed by atoms with van der Waals surface area (Å²) in [5, 5.41) is 0. The van der Waals surface area contributed by atoms with E-state index in [1.165, 1.54) is 19.1 Å². The van der Waals surface area contributed by atoms with E-state index >= 15 is 0 Å². The molecule has 0 radical (unpaired) electrons. The van der Waals surface area contributed by atoms with Crippen LogP contribution in [0.4, 0.5) is 14.6 Å². The molecule has 0 amide bonds. The lowest BCUT2D eigenvalue weighted by molar-refractivity contribution is 0.0164. The third kappa shape index (κ3) is 1.69. The van der Waals surface area contributed by atoms with Crippen molar-refractivity contribution < 1.29 is 8.78 Å². The first-order chi connectivity index (χ1) is 5.41. The molecule has 1 rings (SSSR count). The van der Waals surface area contributed by atoms with Crippen LogP contribution in [-0.2, 0) is 5.92 Å². The fourth-order valence-electron chi connectivity index (χ4n) is 1.04. The van der Waals surface area contributed by atoms with Gasteiger partial charge in [0, 0.05) is 18.2 Å². The molecule has 0 bridgehead atoms. The summed E-state index contributed by atoms with van der Waals surface area (Å²) in [6, 6.07) is 2.68. The lowest BCUT2D eigenvalue weighted by Crippen LogP contribution is -2.10. The zero-order valence-corrected chi connectivity index (χ0v) is 6.94. The summed E-state index contributed by atoms with van der Waals surface area (Å²) in [7, 11) is 0. The minimum absolute atomic E-state index is 0.0725. The Labute approximate surface area is 69.4 Å². The minimum Gasteiger partial charge on any atom is -0.384 e. The molecule has 0 aliphatic heterocycles. The number of hydrogen-bond acceptors (Lipinski definition) is 2. The Hall–Kier alpha value is -1.19. The highest BCUT2D eigenvalue weighted by molar-refractivity contribution is 5.35. The molecule has 0 atom stereocenters.